The quantitative estimate of drug-likeness (QED) is 0.257. The Bertz CT molecular complexity index is 1770. The zero-order valence-electron chi connectivity index (χ0n) is 22.4. The summed E-state index contributed by atoms with van der Waals surface area (Å²) in [5.41, 5.74) is -4.07. The van der Waals surface area contributed by atoms with Gasteiger partial charge in [0.25, 0.3) is 0 Å². The second kappa shape index (κ2) is 8.22. The fraction of sp³-hybridized carbons (Fsp3) is 0.355. The van der Waals surface area contributed by atoms with Crippen molar-refractivity contribution in [1.82, 2.24) is 0 Å². The molecule has 1 heterocycles. The van der Waals surface area contributed by atoms with E-state index in [1.54, 1.807) is 6.92 Å². The van der Waals surface area contributed by atoms with Gasteiger partial charge in [0.1, 0.15) is 40.6 Å². The van der Waals surface area contributed by atoms with Gasteiger partial charge in [0.2, 0.25) is 5.60 Å². The minimum Gasteiger partial charge on any atom is -0.507 e. The van der Waals surface area contributed by atoms with E-state index in [9.17, 15) is 44.1 Å². The third-order valence-corrected chi connectivity index (χ3v) is 9.52. The summed E-state index contributed by atoms with van der Waals surface area (Å²) in [5.74, 6) is -10.7. The molecular weight excluding hydrogens is 548 g/mol. The zero-order valence-corrected chi connectivity index (χ0v) is 22.4. The molecule has 1 aliphatic heterocycles. The topological polar surface area (TPSA) is 182 Å². The van der Waals surface area contributed by atoms with Gasteiger partial charge in [-0.1, -0.05) is 12.2 Å². The number of esters is 1. The molecule has 0 aromatic heterocycles. The van der Waals surface area contributed by atoms with Crippen LogP contribution >= 0.6 is 0 Å². The second-order valence-electron chi connectivity index (χ2n) is 11.7. The molecule has 8 rings (SSSR count). The number of ketones is 5. The van der Waals surface area contributed by atoms with Gasteiger partial charge in [0, 0.05) is 17.5 Å². The van der Waals surface area contributed by atoms with E-state index in [1.807, 2.05) is 0 Å². The molecule has 11 nitrogen and oxygen atoms in total. The molecule has 2 aromatic carbocycles. The number of aryl methyl sites for hydroxylation is 1. The van der Waals surface area contributed by atoms with Crippen LogP contribution in [0.5, 0.6) is 17.2 Å². The second-order valence-corrected chi connectivity index (χ2v) is 11.7. The lowest BCUT2D eigenvalue weighted by molar-refractivity contribution is -0.185. The fourth-order valence-corrected chi connectivity index (χ4v) is 7.70. The van der Waals surface area contributed by atoms with Crippen molar-refractivity contribution in [2.75, 3.05) is 7.11 Å². The third-order valence-electron chi connectivity index (χ3n) is 9.52. The number of aromatic hydroxyl groups is 2. The maximum absolute atomic E-state index is 14.1. The molecule has 2 bridgehead atoms. The minimum absolute atomic E-state index is 0.0161. The van der Waals surface area contributed by atoms with Gasteiger partial charge in [-0.05, 0) is 49.1 Å². The predicted molar refractivity (Wildman–Crippen MR) is 140 cm³/mol. The van der Waals surface area contributed by atoms with Crippen LogP contribution < -0.4 is 4.74 Å². The van der Waals surface area contributed by atoms with Gasteiger partial charge in [-0.3, -0.25) is 24.0 Å². The predicted octanol–water partition coefficient (Wildman–Crippen LogP) is 1.69. The Kier molecular flexibility index (Phi) is 5.14. The highest BCUT2D eigenvalue weighted by atomic mass is 16.6. The standard InChI is InChI=1S/C31H24O11/c1-11-7-14-20(16(33)8-11)26(37)23-24(35)13-5-6-30(23,28(14)39)10-12-9-17-21(25(36)19(12)13)27(38)22-15(32)3-4-18(34)31(22,42-17)29(40)41-2/h5-9,13,18,22-23,33-34,36H,3-4,10H2,1-2H3. The van der Waals surface area contributed by atoms with Crippen molar-refractivity contribution in [2.45, 2.75) is 43.8 Å². The zero-order chi connectivity index (χ0) is 30.0. The molecule has 1 spiro atoms. The Hall–Kier alpha value is -4.64. The van der Waals surface area contributed by atoms with Crippen LogP contribution in [0.25, 0.3) is 0 Å². The Morgan fingerprint density at radius 1 is 1.02 bits per heavy atom. The molecular formula is C31H24O11. The van der Waals surface area contributed by atoms with Gasteiger partial charge in [-0.2, -0.15) is 0 Å². The first-order chi connectivity index (χ1) is 19.9. The number of rotatable bonds is 1. The highest BCUT2D eigenvalue weighted by Crippen LogP contribution is 2.58. The minimum atomic E-state index is -2.39. The fourth-order valence-electron chi connectivity index (χ4n) is 7.70. The van der Waals surface area contributed by atoms with Crippen LogP contribution in [0.1, 0.15) is 66.5 Å². The van der Waals surface area contributed by atoms with E-state index in [1.165, 1.54) is 30.4 Å². The number of aliphatic hydroxyl groups is 1. The Morgan fingerprint density at radius 3 is 2.45 bits per heavy atom. The molecule has 0 amide bonds. The van der Waals surface area contributed by atoms with Gasteiger partial charge >= 0.3 is 5.97 Å². The molecule has 0 radical (unpaired) electrons. The van der Waals surface area contributed by atoms with Gasteiger partial charge in [0.05, 0.1) is 29.9 Å². The molecule has 1 fully saturated rings. The Morgan fingerprint density at radius 2 is 1.74 bits per heavy atom. The van der Waals surface area contributed by atoms with Gasteiger partial charge in [0.15, 0.2) is 23.1 Å². The van der Waals surface area contributed by atoms with Crippen LogP contribution in [0.4, 0.5) is 0 Å². The van der Waals surface area contributed by atoms with E-state index in [-0.39, 0.29) is 47.3 Å². The molecule has 5 aliphatic carbocycles. The maximum atomic E-state index is 14.1. The van der Waals surface area contributed by atoms with Crippen LogP contribution in [0.15, 0.2) is 30.4 Å². The number of Topliss-reactive ketones (excluding diaryl/α,β-unsaturated/α-hetero) is 5. The summed E-state index contributed by atoms with van der Waals surface area (Å²) in [6.45, 7) is 1.65. The van der Waals surface area contributed by atoms with Crippen LogP contribution in [0.2, 0.25) is 0 Å². The highest BCUT2D eigenvalue weighted by molar-refractivity contribution is 6.28. The molecule has 6 unspecified atom stereocenters. The number of methoxy groups -OCH3 is 1. The first-order valence-corrected chi connectivity index (χ1v) is 13.5. The summed E-state index contributed by atoms with van der Waals surface area (Å²) in [6.07, 6.45) is 0.683. The average Bonchev–Trinajstić information content (AvgIpc) is 3.16. The molecule has 11 heteroatoms. The third kappa shape index (κ3) is 2.88. The van der Waals surface area contributed by atoms with Crippen LogP contribution in [0, 0.1) is 24.2 Å². The number of allylic oxidation sites excluding steroid dienone is 2. The summed E-state index contributed by atoms with van der Waals surface area (Å²) in [5, 5.41) is 33.1. The number of fused-ring (bicyclic) bond motifs is 3. The lowest BCUT2D eigenvalue weighted by Crippen LogP contribution is -2.68. The first-order valence-electron chi connectivity index (χ1n) is 13.5. The number of ether oxygens (including phenoxy) is 2. The lowest BCUT2D eigenvalue weighted by atomic mass is 9.57. The number of benzene rings is 2. The highest BCUT2D eigenvalue weighted by Gasteiger charge is 2.67. The van der Waals surface area contributed by atoms with Crippen LogP contribution in [0.3, 0.4) is 0 Å². The van der Waals surface area contributed by atoms with Crippen molar-refractivity contribution in [2.24, 2.45) is 17.3 Å². The maximum Gasteiger partial charge on any atom is 0.354 e. The number of phenolic OH excluding ortho intramolecular Hbond substituents is 2. The first kappa shape index (κ1) is 26.3. The van der Waals surface area contributed by atoms with Gasteiger partial charge in [-0.25, -0.2) is 4.79 Å². The Labute approximate surface area is 237 Å². The lowest BCUT2D eigenvalue weighted by Gasteiger charge is -2.46. The molecule has 42 heavy (non-hydrogen) atoms. The number of hydrogen-bond acceptors (Lipinski definition) is 11. The molecule has 2 aromatic rings. The molecule has 3 N–H and O–H groups in total. The van der Waals surface area contributed by atoms with Crippen molar-refractivity contribution in [1.29, 1.82) is 0 Å². The van der Waals surface area contributed by atoms with Crippen molar-refractivity contribution in [3.05, 3.63) is 63.7 Å². The largest absolute Gasteiger partial charge is 0.507 e. The number of phenols is 2. The monoisotopic (exact) mass is 572 g/mol. The number of hydrogen-bond donors (Lipinski definition) is 3. The molecule has 6 atom stereocenters. The molecule has 214 valence electrons. The van der Waals surface area contributed by atoms with Gasteiger partial charge < -0.3 is 24.8 Å². The molecule has 0 saturated heterocycles. The normalized spacial score (nSPS) is 32.2. The van der Waals surface area contributed by atoms with Gasteiger partial charge in [-0.15, -0.1) is 0 Å². The summed E-state index contributed by atoms with van der Waals surface area (Å²) >= 11 is 0. The SMILES string of the molecule is COC(=O)C12Oc3cc4c(c(O)c3C(=O)C1C(=O)CCC2O)C1C=CC2(C4)C(=O)c3cc(C)cc(O)c3C(=O)C2C1=O. The number of carbonyl (C=O) groups is 6. The van der Waals surface area contributed by atoms with E-state index in [2.05, 4.69) is 0 Å². The number of aliphatic hydroxyl groups excluding tert-OH is 1. The van der Waals surface area contributed by atoms with Crippen LogP contribution in [-0.2, 0) is 25.5 Å². The number of carbonyl (C=O) groups excluding carboxylic acids is 6. The summed E-state index contributed by atoms with van der Waals surface area (Å²) in [4.78, 5) is 81.8. The van der Waals surface area contributed by atoms with E-state index < -0.39 is 86.8 Å². The van der Waals surface area contributed by atoms with Crippen molar-refractivity contribution < 1.29 is 53.6 Å². The molecule has 1 saturated carbocycles. The summed E-state index contributed by atoms with van der Waals surface area (Å²) in [7, 11) is 1.02. The van der Waals surface area contributed by atoms with E-state index in [4.69, 9.17) is 9.47 Å². The average molecular weight is 573 g/mol. The van der Waals surface area contributed by atoms with E-state index in [0.29, 0.717) is 5.56 Å². The van der Waals surface area contributed by atoms with E-state index >= 15 is 0 Å². The summed E-state index contributed by atoms with van der Waals surface area (Å²) < 4.78 is 10.8. The van der Waals surface area contributed by atoms with Crippen molar-refractivity contribution in [3.63, 3.8) is 0 Å². The Balaban J connectivity index is 1.46. The van der Waals surface area contributed by atoms with Crippen LogP contribution in [-0.4, -0.2) is 69.0 Å². The summed E-state index contributed by atoms with van der Waals surface area (Å²) in [6, 6.07) is 4.12. The molecule has 6 aliphatic rings. The smallest absolute Gasteiger partial charge is 0.354 e. The van der Waals surface area contributed by atoms with E-state index in [0.717, 1.165) is 7.11 Å². The van der Waals surface area contributed by atoms with Crippen molar-refractivity contribution >= 4 is 34.9 Å². The van der Waals surface area contributed by atoms with Crippen molar-refractivity contribution in [3.8, 4) is 17.2 Å².